The van der Waals surface area contributed by atoms with Crippen molar-refractivity contribution in [3.05, 3.63) is 90.1 Å². The van der Waals surface area contributed by atoms with E-state index in [0.29, 0.717) is 0 Å². The van der Waals surface area contributed by atoms with Crippen molar-refractivity contribution in [3.8, 4) is 0 Å². The quantitative estimate of drug-likeness (QED) is 0.455. The first-order valence-electron chi connectivity index (χ1n) is 8.72. The van der Waals surface area contributed by atoms with Crippen LogP contribution in [0, 0.1) is 6.92 Å². The van der Waals surface area contributed by atoms with Gasteiger partial charge in [-0.05, 0) is 49.4 Å². The van der Waals surface area contributed by atoms with Crippen molar-refractivity contribution in [1.29, 1.82) is 0 Å². The number of fused-ring (bicyclic) bond motifs is 1. The summed E-state index contributed by atoms with van der Waals surface area (Å²) in [5.74, 6) is 0. The van der Waals surface area contributed by atoms with Crippen LogP contribution in [0.2, 0.25) is 0 Å². The average molecular weight is 339 g/mol. The van der Waals surface area contributed by atoms with Crippen molar-refractivity contribution < 1.29 is 0 Å². The number of anilines is 2. The molecule has 0 atom stereocenters. The fourth-order valence-corrected chi connectivity index (χ4v) is 3.17. The normalized spacial score (nSPS) is 11.3. The zero-order valence-electron chi connectivity index (χ0n) is 15.0. The summed E-state index contributed by atoms with van der Waals surface area (Å²) in [6.07, 6.45) is 1.97. The minimum atomic E-state index is 0.941. The van der Waals surface area contributed by atoms with Crippen LogP contribution in [0.25, 0.3) is 10.9 Å². The third kappa shape index (κ3) is 3.11. The highest BCUT2D eigenvalue weighted by Gasteiger charge is 2.09. The lowest BCUT2D eigenvalue weighted by molar-refractivity contribution is 0.917. The molecule has 0 saturated carbocycles. The van der Waals surface area contributed by atoms with E-state index in [1.54, 1.807) is 0 Å². The molecule has 0 amide bonds. The molecule has 0 aliphatic carbocycles. The number of aryl methyl sites for hydroxylation is 1. The summed E-state index contributed by atoms with van der Waals surface area (Å²) in [5, 5.41) is 4.62. The second-order valence-corrected chi connectivity index (χ2v) is 6.37. The van der Waals surface area contributed by atoms with Crippen molar-refractivity contribution in [3.63, 3.8) is 0 Å². The fraction of sp³-hybridized carbons (Fsp3) is 0.0870. The first-order chi connectivity index (χ1) is 12.7. The van der Waals surface area contributed by atoms with Gasteiger partial charge in [-0.15, -0.1) is 0 Å². The van der Waals surface area contributed by atoms with E-state index in [-0.39, 0.29) is 0 Å². The van der Waals surface area contributed by atoms with E-state index in [2.05, 4.69) is 77.4 Å². The lowest BCUT2D eigenvalue weighted by atomic mass is 10.1. The molecule has 1 heterocycles. The van der Waals surface area contributed by atoms with E-state index < -0.39 is 0 Å². The Balaban J connectivity index is 1.57. The van der Waals surface area contributed by atoms with E-state index in [1.165, 1.54) is 22.2 Å². The van der Waals surface area contributed by atoms with E-state index in [0.717, 1.165) is 17.1 Å². The Hall–Kier alpha value is -3.33. The molecule has 0 bridgehead atoms. The van der Waals surface area contributed by atoms with Gasteiger partial charge in [-0.3, -0.25) is 4.99 Å². The minimum absolute atomic E-state index is 0.941. The number of aliphatic imine (C=N–C) groups is 1. The number of rotatable bonds is 4. The maximum absolute atomic E-state index is 4.68. The molecule has 1 N–H and O–H groups in total. The van der Waals surface area contributed by atoms with E-state index in [1.807, 2.05) is 36.5 Å². The van der Waals surface area contributed by atoms with Gasteiger partial charge in [0.05, 0.1) is 5.69 Å². The highest BCUT2D eigenvalue weighted by molar-refractivity contribution is 6.01. The molecule has 3 nitrogen and oxygen atoms in total. The van der Waals surface area contributed by atoms with Gasteiger partial charge < -0.3 is 9.88 Å². The Labute approximate surface area is 153 Å². The average Bonchev–Trinajstić information content (AvgIpc) is 2.93. The lowest BCUT2D eigenvalue weighted by Crippen LogP contribution is -1.91. The first-order valence-corrected chi connectivity index (χ1v) is 8.72. The summed E-state index contributed by atoms with van der Waals surface area (Å²) in [4.78, 5) is 4.68. The van der Waals surface area contributed by atoms with Crippen LogP contribution < -0.4 is 5.32 Å². The molecule has 128 valence electrons. The summed E-state index contributed by atoms with van der Waals surface area (Å²) in [7, 11) is 2.10. The smallest absolute Gasteiger partial charge is 0.0631 e. The van der Waals surface area contributed by atoms with Crippen molar-refractivity contribution in [2.45, 2.75) is 6.92 Å². The van der Waals surface area contributed by atoms with Gasteiger partial charge in [-0.2, -0.15) is 0 Å². The van der Waals surface area contributed by atoms with Crippen LogP contribution in [-0.4, -0.2) is 10.8 Å². The van der Waals surface area contributed by atoms with Crippen molar-refractivity contribution in [2.75, 3.05) is 5.32 Å². The van der Waals surface area contributed by atoms with E-state index >= 15 is 0 Å². The molecule has 0 unspecified atom stereocenters. The van der Waals surface area contributed by atoms with Gasteiger partial charge in [0.25, 0.3) is 0 Å². The number of hydrogen-bond acceptors (Lipinski definition) is 2. The molecule has 1 aromatic heterocycles. The number of aromatic nitrogens is 1. The largest absolute Gasteiger partial charge is 0.356 e. The minimum Gasteiger partial charge on any atom is -0.356 e. The summed E-state index contributed by atoms with van der Waals surface area (Å²) < 4.78 is 2.21. The Kier molecular flexibility index (Phi) is 4.28. The van der Waals surface area contributed by atoms with Crippen LogP contribution in [-0.2, 0) is 7.05 Å². The first kappa shape index (κ1) is 16.2. The Morgan fingerprint density at radius 2 is 1.46 bits per heavy atom. The maximum Gasteiger partial charge on any atom is 0.0631 e. The molecule has 0 radical (unpaired) electrons. The number of hydrogen-bond donors (Lipinski definition) is 1. The van der Waals surface area contributed by atoms with Gasteiger partial charge in [0.1, 0.15) is 0 Å². The van der Waals surface area contributed by atoms with Gasteiger partial charge in [-0.25, -0.2) is 0 Å². The molecule has 0 aliphatic rings. The van der Waals surface area contributed by atoms with Crippen LogP contribution in [0.15, 0.2) is 83.9 Å². The Morgan fingerprint density at radius 1 is 0.808 bits per heavy atom. The summed E-state index contributed by atoms with van der Waals surface area (Å²) in [5.41, 5.74) is 6.70. The van der Waals surface area contributed by atoms with Crippen molar-refractivity contribution in [2.24, 2.45) is 12.0 Å². The molecule has 0 aliphatic heterocycles. The molecule has 3 heteroatoms. The highest BCUT2D eigenvalue weighted by Crippen LogP contribution is 2.25. The molecule has 26 heavy (non-hydrogen) atoms. The zero-order valence-corrected chi connectivity index (χ0v) is 15.0. The van der Waals surface area contributed by atoms with Crippen LogP contribution in [0.1, 0.15) is 11.3 Å². The summed E-state index contributed by atoms with van der Waals surface area (Å²) in [6, 6.07) is 26.8. The molecule has 0 spiro atoms. The summed E-state index contributed by atoms with van der Waals surface area (Å²) in [6.45, 7) is 2.13. The molecule has 0 fully saturated rings. The van der Waals surface area contributed by atoms with Gasteiger partial charge in [0.2, 0.25) is 0 Å². The predicted molar refractivity (Wildman–Crippen MR) is 111 cm³/mol. The van der Waals surface area contributed by atoms with Gasteiger partial charge in [-0.1, -0.05) is 36.4 Å². The summed E-state index contributed by atoms with van der Waals surface area (Å²) >= 11 is 0. The molecular weight excluding hydrogens is 318 g/mol. The number of nitrogens with one attached hydrogen (secondary N) is 1. The van der Waals surface area contributed by atoms with Gasteiger partial charge in [0, 0.05) is 46.8 Å². The molecular formula is C23H21N3. The highest BCUT2D eigenvalue weighted by atomic mass is 14.9. The number of para-hydroxylation sites is 2. The third-order valence-corrected chi connectivity index (χ3v) is 4.72. The van der Waals surface area contributed by atoms with Crippen molar-refractivity contribution in [1.82, 2.24) is 4.57 Å². The van der Waals surface area contributed by atoms with Gasteiger partial charge >= 0.3 is 0 Å². The SMILES string of the molecule is Cc1c(C=Nc2ccc(Nc3ccccc3)cc2)c2ccccc2n1C. The van der Waals surface area contributed by atoms with Crippen LogP contribution in [0.5, 0.6) is 0 Å². The molecule has 0 saturated heterocycles. The maximum atomic E-state index is 4.68. The van der Waals surface area contributed by atoms with Crippen molar-refractivity contribution >= 4 is 34.2 Å². The van der Waals surface area contributed by atoms with Gasteiger partial charge in [0.15, 0.2) is 0 Å². The van der Waals surface area contributed by atoms with Crippen LogP contribution >= 0.6 is 0 Å². The van der Waals surface area contributed by atoms with E-state index in [4.69, 9.17) is 0 Å². The molecule has 3 aromatic carbocycles. The third-order valence-electron chi connectivity index (χ3n) is 4.72. The molecule has 4 rings (SSSR count). The number of benzene rings is 3. The molecule has 4 aromatic rings. The van der Waals surface area contributed by atoms with Crippen LogP contribution in [0.4, 0.5) is 17.1 Å². The monoisotopic (exact) mass is 339 g/mol. The lowest BCUT2D eigenvalue weighted by Gasteiger charge is -2.06. The number of nitrogens with zero attached hydrogens (tertiary/aromatic N) is 2. The second kappa shape index (κ2) is 6.89. The standard InChI is InChI=1S/C23H21N3/c1-17-22(21-10-6-7-11-23(21)26(17)2)16-24-18-12-14-20(15-13-18)25-19-8-4-3-5-9-19/h3-16,25H,1-2H3. The second-order valence-electron chi connectivity index (χ2n) is 6.37. The Morgan fingerprint density at radius 3 is 2.23 bits per heavy atom. The topological polar surface area (TPSA) is 29.3 Å². The van der Waals surface area contributed by atoms with Crippen LogP contribution in [0.3, 0.4) is 0 Å². The van der Waals surface area contributed by atoms with E-state index in [9.17, 15) is 0 Å². The Bertz CT molecular complexity index is 1060. The zero-order chi connectivity index (χ0) is 17.9. The predicted octanol–water partition coefficient (Wildman–Crippen LogP) is 5.98. The fourth-order valence-electron chi connectivity index (χ4n) is 3.17.